The van der Waals surface area contributed by atoms with Crippen LogP contribution in [-0.2, 0) is 24.2 Å². The van der Waals surface area contributed by atoms with Crippen LogP contribution in [-0.4, -0.2) is 18.5 Å². The molecule has 110 valence electrons. The molecule has 2 aliphatic rings. The molecule has 0 aromatic carbocycles. The van der Waals surface area contributed by atoms with E-state index in [0.717, 1.165) is 13.0 Å². The van der Waals surface area contributed by atoms with E-state index in [0.29, 0.717) is 19.0 Å². The second-order valence-corrected chi connectivity index (χ2v) is 7.20. The number of hydrogen-bond donors (Lipinski definition) is 2. The van der Waals surface area contributed by atoms with Crippen molar-refractivity contribution in [3.8, 4) is 0 Å². The normalized spacial score (nSPS) is 21.7. The Balaban J connectivity index is 1.38. The van der Waals surface area contributed by atoms with Gasteiger partial charge in [-0.25, -0.2) is 0 Å². The molecule has 20 heavy (non-hydrogen) atoms. The highest BCUT2D eigenvalue weighted by Crippen LogP contribution is 2.30. The lowest BCUT2D eigenvalue weighted by Crippen LogP contribution is -2.35. The molecule has 1 aromatic rings. The molecular weight excluding hydrogens is 268 g/mol. The van der Waals surface area contributed by atoms with Crippen molar-refractivity contribution < 1.29 is 4.79 Å². The summed E-state index contributed by atoms with van der Waals surface area (Å²) in [6.07, 6.45) is 9.23. The van der Waals surface area contributed by atoms with Gasteiger partial charge in [0.25, 0.3) is 0 Å². The summed E-state index contributed by atoms with van der Waals surface area (Å²) in [4.78, 5) is 14.8. The van der Waals surface area contributed by atoms with Gasteiger partial charge in [-0.15, -0.1) is 11.3 Å². The number of hydrogen-bond acceptors (Lipinski definition) is 3. The van der Waals surface area contributed by atoms with Gasteiger partial charge in [0, 0.05) is 22.2 Å². The number of piperidine rings is 1. The molecule has 1 aromatic heterocycles. The van der Waals surface area contributed by atoms with Crippen LogP contribution in [0.3, 0.4) is 0 Å². The number of amides is 1. The second-order valence-electron chi connectivity index (χ2n) is 5.98. The number of fused-ring (bicyclic) bond motifs is 1. The lowest BCUT2D eigenvalue weighted by atomic mass is 10.0. The number of rotatable bonds is 5. The van der Waals surface area contributed by atoms with Gasteiger partial charge in [-0.3, -0.25) is 4.79 Å². The molecule has 3 rings (SSSR count). The molecule has 1 saturated heterocycles. The molecule has 1 fully saturated rings. The Morgan fingerprint density at radius 2 is 2.30 bits per heavy atom. The van der Waals surface area contributed by atoms with E-state index in [1.165, 1.54) is 49.0 Å². The van der Waals surface area contributed by atoms with E-state index < -0.39 is 0 Å². The summed E-state index contributed by atoms with van der Waals surface area (Å²) in [7, 11) is 0. The van der Waals surface area contributed by atoms with Crippen molar-refractivity contribution >= 4 is 17.2 Å². The van der Waals surface area contributed by atoms with Crippen molar-refractivity contribution in [1.29, 1.82) is 0 Å². The first-order valence-corrected chi connectivity index (χ1v) is 8.73. The Morgan fingerprint density at radius 1 is 1.35 bits per heavy atom. The second kappa shape index (κ2) is 6.72. The highest BCUT2D eigenvalue weighted by atomic mass is 32.1. The maximum Gasteiger partial charge on any atom is 0.220 e. The zero-order valence-corrected chi connectivity index (χ0v) is 12.9. The van der Waals surface area contributed by atoms with Crippen LogP contribution in [0.1, 0.15) is 53.8 Å². The van der Waals surface area contributed by atoms with Crippen molar-refractivity contribution in [3.05, 3.63) is 21.4 Å². The highest BCUT2D eigenvalue weighted by Gasteiger charge is 2.16. The summed E-state index contributed by atoms with van der Waals surface area (Å²) in [5, 5.41) is 6.57. The summed E-state index contributed by atoms with van der Waals surface area (Å²) in [5.74, 6) is 0.200. The SMILES string of the molecule is O=C(CCC1CCCCN1)NCc1cc2c(s1)CCC2. The summed E-state index contributed by atoms with van der Waals surface area (Å²) in [6, 6.07) is 2.84. The van der Waals surface area contributed by atoms with Crippen molar-refractivity contribution in [3.63, 3.8) is 0 Å². The predicted octanol–water partition coefficient (Wildman–Crippen LogP) is 2.78. The van der Waals surface area contributed by atoms with Crippen LogP contribution in [0.2, 0.25) is 0 Å². The Hall–Kier alpha value is -0.870. The van der Waals surface area contributed by atoms with E-state index in [-0.39, 0.29) is 5.91 Å². The molecule has 0 radical (unpaired) electrons. The third kappa shape index (κ3) is 3.61. The molecule has 1 aliphatic carbocycles. The van der Waals surface area contributed by atoms with Crippen molar-refractivity contribution in [2.45, 2.75) is 64.0 Å². The van der Waals surface area contributed by atoms with E-state index in [1.54, 1.807) is 4.88 Å². The smallest absolute Gasteiger partial charge is 0.220 e. The maximum absolute atomic E-state index is 11.9. The first-order chi connectivity index (χ1) is 9.81. The molecule has 2 heterocycles. The molecule has 1 aliphatic heterocycles. The fraction of sp³-hybridized carbons (Fsp3) is 0.688. The van der Waals surface area contributed by atoms with Gasteiger partial charge in [-0.05, 0) is 56.7 Å². The van der Waals surface area contributed by atoms with Crippen LogP contribution in [0.25, 0.3) is 0 Å². The molecule has 0 saturated carbocycles. The number of nitrogens with one attached hydrogen (secondary N) is 2. The van der Waals surface area contributed by atoms with Crippen LogP contribution >= 0.6 is 11.3 Å². The minimum atomic E-state index is 0.200. The number of carbonyl (C=O) groups excluding carboxylic acids is 1. The van der Waals surface area contributed by atoms with Crippen molar-refractivity contribution in [1.82, 2.24) is 10.6 Å². The minimum Gasteiger partial charge on any atom is -0.351 e. The lowest BCUT2D eigenvalue weighted by molar-refractivity contribution is -0.121. The lowest BCUT2D eigenvalue weighted by Gasteiger charge is -2.22. The van der Waals surface area contributed by atoms with Gasteiger partial charge in [0.05, 0.1) is 6.54 Å². The standard InChI is InChI=1S/C16H24N2OS/c19-16(8-7-13-5-1-2-9-17-13)18-11-14-10-12-4-3-6-15(12)20-14/h10,13,17H,1-9,11H2,(H,18,19). The Bertz CT molecular complexity index is 442. The Morgan fingerprint density at radius 3 is 3.10 bits per heavy atom. The third-order valence-electron chi connectivity index (χ3n) is 4.39. The largest absolute Gasteiger partial charge is 0.351 e. The van der Waals surface area contributed by atoms with Crippen LogP contribution in [0, 0.1) is 0 Å². The highest BCUT2D eigenvalue weighted by molar-refractivity contribution is 7.12. The van der Waals surface area contributed by atoms with Crippen LogP contribution < -0.4 is 10.6 Å². The summed E-state index contributed by atoms with van der Waals surface area (Å²) in [5.41, 5.74) is 1.52. The molecule has 3 nitrogen and oxygen atoms in total. The monoisotopic (exact) mass is 292 g/mol. The summed E-state index contributed by atoms with van der Waals surface area (Å²) in [6.45, 7) is 1.83. The topological polar surface area (TPSA) is 41.1 Å². The summed E-state index contributed by atoms with van der Waals surface area (Å²) >= 11 is 1.88. The molecule has 1 unspecified atom stereocenters. The zero-order chi connectivity index (χ0) is 13.8. The van der Waals surface area contributed by atoms with E-state index in [1.807, 2.05) is 11.3 Å². The molecule has 1 amide bonds. The van der Waals surface area contributed by atoms with Crippen molar-refractivity contribution in [2.75, 3.05) is 6.54 Å². The van der Waals surface area contributed by atoms with E-state index in [9.17, 15) is 4.79 Å². The average Bonchev–Trinajstić information content (AvgIpc) is 3.05. The van der Waals surface area contributed by atoms with Gasteiger partial charge in [-0.1, -0.05) is 6.42 Å². The minimum absolute atomic E-state index is 0.200. The fourth-order valence-corrected chi connectivity index (χ4v) is 4.43. The van der Waals surface area contributed by atoms with Gasteiger partial charge in [0.15, 0.2) is 0 Å². The Labute approximate surface area is 125 Å². The number of carbonyl (C=O) groups is 1. The molecule has 1 atom stereocenters. The first-order valence-electron chi connectivity index (χ1n) is 7.92. The first kappa shape index (κ1) is 14.1. The van der Waals surface area contributed by atoms with Gasteiger partial charge in [0.1, 0.15) is 0 Å². The van der Waals surface area contributed by atoms with E-state index in [2.05, 4.69) is 16.7 Å². The van der Waals surface area contributed by atoms with Gasteiger partial charge in [0.2, 0.25) is 5.91 Å². The average molecular weight is 292 g/mol. The molecule has 0 bridgehead atoms. The predicted molar refractivity (Wildman–Crippen MR) is 83.1 cm³/mol. The zero-order valence-electron chi connectivity index (χ0n) is 12.0. The number of aryl methyl sites for hydroxylation is 2. The van der Waals surface area contributed by atoms with Gasteiger partial charge in [-0.2, -0.15) is 0 Å². The fourth-order valence-electron chi connectivity index (χ4n) is 3.23. The maximum atomic E-state index is 11.9. The van der Waals surface area contributed by atoms with Crippen molar-refractivity contribution in [2.24, 2.45) is 0 Å². The quantitative estimate of drug-likeness (QED) is 0.876. The van der Waals surface area contributed by atoms with E-state index in [4.69, 9.17) is 0 Å². The van der Waals surface area contributed by atoms with Crippen LogP contribution in [0.4, 0.5) is 0 Å². The molecule has 0 spiro atoms. The third-order valence-corrected chi connectivity index (χ3v) is 5.63. The van der Waals surface area contributed by atoms with Crippen LogP contribution in [0.5, 0.6) is 0 Å². The molecule has 4 heteroatoms. The molecular formula is C16H24N2OS. The van der Waals surface area contributed by atoms with Crippen LogP contribution in [0.15, 0.2) is 6.07 Å². The van der Waals surface area contributed by atoms with E-state index >= 15 is 0 Å². The summed E-state index contributed by atoms with van der Waals surface area (Å²) < 4.78 is 0. The number of thiophene rings is 1. The van der Waals surface area contributed by atoms with Gasteiger partial charge < -0.3 is 10.6 Å². The van der Waals surface area contributed by atoms with Gasteiger partial charge >= 0.3 is 0 Å². The Kier molecular flexibility index (Phi) is 4.73. The molecule has 2 N–H and O–H groups in total.